The van der Waals surface area contributed by atoms with Crippen LogP contribution in [0.15, 0.2) is 60.4 Å². The number of carbonyl (C=O) groups is 1. The van der Waals surface area contributed by atoms with Crippen LogP contribution in [0.1, 0.15) is 28.0 Å². The summed E-state index contributed by atoms with van der Waals surface area (Å²) in [6, 6.07) is 12.2. The predicted octanol–water partition coefficient (Wildman–Crippen LogP) is 4.11. The van der Waals surface area contributed by atoms with Crippen molar-refractivity contribution in [1.82, 2.24) is 19.5 Å². The summed E-state index contributed by atoms with van der Waals surface area (Å²) < 4.78 is 2.14. The molecular formula is C22H21N5OS. The van der Waals surface area contributed by atoms with Gasteiger partial charge in [-0.05, 0) is 31.4 Å². The number of aromatic nitrogens is 4. The van der Waals surface area contributed by atoms with Crippen molar-refractivity contribution >= 4 is 17.2 Å². The molecular weight excluding hydrogens is 382 g/mol. The minimum absolute atomic E-state index is 0.421. The zero-order valence-corrected chi connectivity index (χ0v) is 16.9. The van der Waals surface area contributed by atoms with Crippen molar-refractivity contribution in [2.24, 2.45) is 5.73 Å². The first kappa shape index (κ1) is 19.0. The van der Waals surface area contributed by atoms with E-state index in [0.717, 1.165) is 47.2 Å². The number of hydrogen-bond donors (Lipinski definition) is 1. The molecule has 0 aliphatic heterocycles. The van der Waals surface area contributed by atoms with Crippen LogP contribution in [0.25, 0.3) is 22.1 Å². The van der Waals surface area contributed by atoms with Gasteiger partial charge in [0.25, 0.3) is 5.91 Å². The summed E-state index contributed by atoms with van der Waals surface area (Å²) in [5.41, 5.74) is 10.8. The normalized spacial score (nSPS) is 10.9. The summed E-state index contributed by atoms with van der Waals surface area (Å²) in [4.78, 5) is 25.1. The van der Waals surface area contributed by atoms with E-state index < -0.39 is 5.91 Å². The van der Waals surface area contributed by atoms with E-state index in [4.69, 9.17) is 10.7 Å². The molecule has 0 aliphatic rings. The number of aryl methyl sites for hydroxylation is 1. The van der Waals surface area contributed by atoms with Gasteiger partial charge in [-0.15, -0.1) is 11.3 Å². The topological polar surface area (TPSA) is 86.7 Å². The molecule has 3 heterocycles. The third-order valence-electron chi connectivity index (χ3n) is 4.87. The van der Waals surface area contributed by atoms with Crippen LogP contribution in [-0.4, -0.2) is 25.4 Å². The molecule has 29 heavy (non-hydrogen) atoms. The molecule has 1 aromatic carbocycles. The van der Waals surface area contributed by atoms with E-state index >= 15 is 0 Å². The van der Waals surface area contributed by atoms with E-state index in [1.54, 1.807) is 18.6 Å². The quantitative estimate of drug-likeness (QED) is 0.503. The second-order valence-corrected chi connectivity index (χ2v) is 7.62. The number of rotatable bonds is 7. The molecule has 6 nitrogen and oxygen atoms in total. The summed E-state index contributed by atoms with van der Waals surface area (Å²) in [5.74, 6) is -0.421. The number of hydrogen-bond acceptors (Lipinski definition) is 5. The van der Waals surface area contributed by atoms with Crippen LogP contribution >= 0.6 is 11.3 Å². The zero-order valence-electron chi connectivity index (χ0n) is 16.1. The molecule has 4 rings (SSSR count). The highest BCUT2D eigenvalue weighted by atomic mass is 32.1. The van der Waals surface area contributed by atoms with E-state index in [2.05, 4.69) is 38.8 Å². The van der Waals surface area contributed by atoms with Gasteiger partial charge in [-0.2, -0.15) is 0 Å². The van der Waals surface area contributed by atoms with Gasteiger partial charge in [-0.3, -0.25) is 14.8 Å². The fourth-order valence-electron chi connectivity index (χ4n) is 3.40. The van der Waals surface area contributed by atoms with Crippen LogP contribution in [0.2, 0.25) is 0 Å². The number of amides is 1. The van der Waals surface area contributed by atoms with Crippen molar-refractivity contribution in [3.05, 3.63) is 77.2 Å². The van der Waals surface area contributed by atoms with Crippen molar-refractivity contribution in [1.29, 1.82) is 0 Å². The van der Waals surface area contributed by atoms with E-state index in [9.17, 15) is 4.79 Å². The molecule has 0 saturated carbocycles. The van der Waals surface area contributed by atoms with Crippen LogP contribution in [-0.2, 0) is 13.0 Å². The first-order valence-electron chi connectivity index (χ1n) is 9.39. The first-order chi connectivity index (χ1) is 14.1. The molecule has 0 unspecified atom stereocenters. The lowest BCUT2D eigenvalue weighted by molar-refractivity contribution is 0.0999. The molecule has 0 saturated heterocycles. The van der Waals surface area contributed by atoms with Crippen LogP contribution in [0.3, 0.4) is 0 Å². The summed E-state index contributed by atoms with van der Waals surface area (Å²) in [7, 11) is 0. The summed E-state index contributed by atoms with van der Waals surface area (Å²) in [5, 5.41) is 2.78. The highest BCUT2D eigenvalue weighted by molar-refractivity contribution is 7.13. The van der Waals surface area contributed by atoms with Crippen LogP contribution in [0.4, 0.5) is 0 Å². The van der Waals surface area contributed by atoms with Gasteiger partial charge in [-0.25, -0.2) is 4.98 Å². The maximum absolute atomic E-state index is 11.9. The van der Waals surface area contributed by atoms with Crippen molar-refractivity contribution in [3.63, 3.8) is 0 Å². The Morgan fingerprint density at radius 2 is 2.00 bits per heavy atom. The molecule has 0 fully saturated rings. The highest BCUT2D eigenvalue weighted by Crippen LogP contribution is 2.30. The molecule has 1 amide bonds. The molecule has 0 bridgehead atoms. The molecule has 3 aromatic heterocycles. The summed E-state index contributed by atoms with van der Waals surface area (Å²) in [6.45, 7) is 2.71. The maximum Gasteiger partial charge on any atom is 0.250 e. The lowest BCUT2D eigenvalue weighted by Crippen LogP contribution is -2.12. The largest absolute Gasteiger partial charge is 0.366 e. The van der Waals surface area contributed by atoms with Crippen molar-refractivity contribution in [3.8, 4) is 22.1 Å². The fraction of sp³-hybridized carbons (Fsp3) is 0.182. The smallest absolute Gasteiger partial charge is 0.250 e. The van der Waals surface area contributed by atoms with Crippen LogP contribution < -0.4 is 5.73 Å². The van der Waals surface area contributed by atoms with Gasteiger partial charge < -0.3 is 10.3 Å². The SMILES string of the molecule is Cc1c(C(N)=O)cc(-c2csc(-c3cnccn3)n2)n1CCCc1ccccc1. The molecule has 0 aliphatic carbocycles. The zero-order chi connectivity index (χ0) is 20.2. The number of thiazole rings is 1. The van der Waals surface area contributed by atoms with E-state index in [1.807, 2.05) is 24.4 Å². The average Bonchev–Trinajstić information content (AvgIpc) is 3.35. The predicted molar refractivity (Wildman–Crippen MR) is 115 cm³/mol. The van der Waals surface area contributed by atoms with Crippen LogP contribution in [0, 0.1) is 6.92 Å². The van der Waals surface area contributed by atoms with E-state index in [-0.39, 0.29) is 0 Å². The number of carbonyl (C=O) groups excluding carboxylic acids is 1. The number of nitrogens with two attached hydrogens (primary N) is 1. The Balaban J connectivity index is 1.63. The Kier molecular flexibility index (Phi) is 5.48. The second kappa shape index (κ2) is 8.36. The molecule has 0 radical (unpaired) electrons. The Hall–Kier alpha value is -3.32. The van der Waals surface area contributed by atoms with Gasteiger partial charge in [0.2, 0.25) is 0 Å². The monoisotopic (exact) mass is 403 g/mol. The molecule has 146 valence electrons. The third-order valence-corrected chi connectivity index (χ3v) is 5.74. The molecule has 0 atom stereocenters. The molecule has 2 N–H and O–H groups in total. The van der Waals surface area contributed by atoms with E-state index in [1.165, 1.54) is 16.9 Å². The summed E-state index contributed by atoms with van der Waals surface area (Å²) >= 11 is 1.51. The Morgan fingerprint density at radius 3 is 2.72 bits per heavy atom. The fourth-order valence-corrected chi connectivity index (χ4v) is 4.17. The average molecular weight is 404 g/mol. The van der Waals surface area contributed by atoms with Gasteiger partial charge in [0.05, 0.1) is 23.1 Å². The van der Waals surface area contributed by atoms with Gasteiger partial charge >= 0.3 is 0 Å². The lowest BCUT2D eigenvalue weighted by atomic mass is 10.1. The lowest BCUT2D eigenvalue weighted by Gasteiger charge is -2.11. The Morgan fingerprint density at radius 1 is 1.17 bits per heavy atom. The van der Waals surface area contributed by atoms with Crippen molar-refractivity contribution < 1.29 is 4.79 Å². The van der Waals surface area contributed by atoms with E-state index in [0.29, 0.717) is 5.56 Å². The van der Waals surface area contributed by atoms with Crippen LogP contribution in [0.5, 0.6) is 0 Å². The number of primary amides is 1. The minimum atomic E-state index is -0.421. The first-order valence-corrected chi connectivity index (χ1v) is 10.3. The molecule has 4 aromatic rings. The number of nitrogens with zero attached hydrogens (tertiary/aromatic N) is 4. The van der Waals surface area contributed by atoms with Gasteiger partial charge in [0, 0.05) is 30.0 Å². The third kappa shape index (κ3) is 4.09. The van der Waals surface area contributed by atoms with Gasteiger partial charge in [0.1, 0.15) is 10.7 Å². The van der Waals surface area contributed by atoms with Crippen molar-refractivity contribution in [2.45, 2.75) is 26.3 Å². The van der Waals surface area contributed by atoms with Gasteiger partial charge in [-0.1, -0.05) is 30.3 Å². The minimum Gasteiger partial charge on any atom is -0.366 e. The van der Waals surface area contributed by atoms with Gasteiger partial charge in [0.15, 0.2) is 0 Å². The number of benzene rings is 1. The molecule has 7 heteroatoms. The van der Waals surface area contributed by atoms with Crippen molar-refractivity contribution in [2.75, 3.05) is 0 Å². The summed E-state index contributed by atoms with van der Waals surface area (Å²) in [6.07, 6.45) is 6.90. The highest BCUT2D eigenvalue weighted by Gasteiger charge is 2.19. The standard InChI is InChI=1S/C22H21N5OS/c1-15-17(21(23)28)12-20(27(15)11-5-8-16-6-3-2-4-7-16)19-14-29-22(26-19)18-13-24-9-10-25-18/h2-4,6-7,9-10,12-14H,5,8,11H2,1H3,(H2,23,28). The second-order valence-electron chi connectivity index (χ2n) is 6.76. The Labute approximate surface area is 173 Å². The molecule has 0 spiro atoms. The Bertz CT molecular complexity index is 1120. The maximum atomic E-state index is 11.9.